The molecule has 1 aliphatic rings. The average molecular weight is 409 g/mol. The van der Waals surface area contributed by atoms with Crippen LogP contribution in [0.3, 0.4) is 0 Å². The van der Waals surface area contributed by atoms with E-state index in [0.717, 1.165) is 10.4 Å². The van der Waals surface area contributed by atoms with Gasteiger partial charge < -0.3 is 14.6 Å². The Kier molecular flexibility index (Phi) is 5.52. The molecule has 1 fully saturated rings. The monoisotopic (exact) mass is 409 g/mol. The van der Waals surface area contributed by atoms with Crippen molar-refractivity contribution in [2.75, 3.05) is 19.0 Å². The third kappa shape index (κ3) is 3.78. The van der Waals surface area contributed by atoms with Gasteiger partial charge in [0.15, 0.2) is 0 Å². The zero-order valence-electron chi connectivity index (χ0n) is 15.4. The minimum atomic E-state index is -4.01. The van der Waals surface area contributed by atoms with Gasteiger partial charge in [-0.2, -0.15) is 4.31 Å². The van der Waals surface area contributed by atoms with E-state index in [1.165, 1.54) is 49.2 Å². The zero-order valence-corrected chi connectivity index (χ0v) is 16.2. The van der Waals surface area contributed by atoms with Crippen LogP contribution >= 0.6 is 0 Å². The van der Waals surface area contributed by atoms with Gasteiger partial charge in [-0.25, -0.2) is 17.6 Å². The summed E-state index contributed by atoms with van der Waals surface area (Å²) in [5, 5.41) is 2.56. The van der Waals surface area contributed by atoms with Crippen LogP contribution in [0.5, 0.6) is 0 Å². The molecule has 1 N–H and O–H groups in total. The van der Waals surface area contributed by atoms with Crippen molar-refractivity contribution in [2.45, 2.75) is 23.8 Å². The second-order valence-corrected chi connectivity index (χ2v) is 8.33. The smallest absolute Gasteiger partial charge is 0.354 e. The van der Waals surface area contributed by atoms with E-state index in [9.17, 15) is 22.4 Å². The quantitative estimate of drug-likeness (QED) is 0.759. The zero-order chi connectivity index (χ0) is 20.5. The summed E-state index contributed by atoms with van der Waals surface area (Å²) in [5.74, 6) is -1.70. The maximum Gasteiger partial charge on any atom is 0.354 e. The molecule has 150 valence electrons. The molecule has 0 bridgehead atoms. The highest BCUT2D eigenvalue weighted by atomic mass is 32.2. The molecule has 0 radical (unpaired) electrons. The van der Waals surface area contributed by atoms with Gasteiger partial charge in [-0.15, -0.1) is 0 Å². The van der Waals surface area contributed by atoms with Gasteiger partial charge in [0.1, 0.15) is 22.4 Å². The highest BCUT2D eigenvalue weighted by Gasteiger charge is 2.40. The topological polar surface area (TPSA) is 97.7 Å². The maximum atomic E-state index is 13.3. The molecule has 3 rings (SSSR count). The van der Waals surface area contributed by atoms with E-state index in [-0.39, 0.29) is 22.8 Å². The van der Waals surface area contributed by atoms with Crippen LogP contribution in [0.2, 0.25) is 0 Å². The van der Waals surface area contributed by atoms with Gasteiger partial charge in [-0.1, -0.05) is 6.07 Å². The number of benzene rings is 1. The van der Waals surface area contributed by atoms with E-state index in [1.807, 2.05) is 0 Å². The second kappa shape index (κ2) is 7.72. The lowest BCUT2D eigenvalue weighted by molar-refractivity contribution is -0.119. The summed E-state index contributed by atoms with van der Waals surface area (Å²) in [7, 11) is -1.27. The first kappa shape index (κ1) is 20.0. The molecule has 1 atom stereocenters. The number of sulfonamides is 1. The Labute approximate surface area is 161 Å². The minimum Gasteiger partial charge on any atom is -0.464 e. The fraction of sp³-hybridized carbons (Fsp3) is 0.333. The third-order valence-corrected chi connectivity index (χ3v) is 6.45. The van der Waals surface area contributed by atoms with Crippen molar-refractivity contribution in [1.29, 1.82) is 0 Å². The molecule has 1 saturated heterocycles. The molecule has 28 heavy (non-hydrogen) atoms. The van der Waals surface area contributed by atoms with Gasteiger partial charge in [0, 0.05) is 25.5 Å². The van der Waals surface area contributed by atoms with Crippen LogP contribution in [0.25, 0.3) is 0 Å². The van der Waals surface area contributed by atoms with Crippen molar-refractivity contribution in [3.05, 3.63) is 48.0 Å². The fourth-order valence-electron chi connectivity index (χ4n) is 3.20. The Morgan fingerprint density at radius 1 is 1.29 bits per heavy atom. The maximum absolute atomic E-state index is 13.3. The van der Waals surface area contributed by atoms with Crippen LogP contribution in [0.1, 0.15) is 23.3 Å². The average Bonchev–Trinajstić information content (AvgIpc) is 3.28. The molecule has 1 amide bonds. The summed E-state index contributed by atoms with van der Waals surface area (Å²) in [4.78, 5) is 24.3. The van der Waals surface area contributed by atoms with E-state index in [0.29, 0.717) is 12.8 Å². The molecule has 0 aliphatic carbocycles. The van der Waals surface area contributed by atoms with E-state index >= 15 is 0 Å². The number of nitrogens with zero attached hydrogens (tertiary/aromatic N) is 2. The number of halogens is 1. The predicted molar refractivity (Wildman–Crippen MR) is 98.7 cm³/mol. The molecule has 2 aromatic rings. The highest BCUT2D eigenvalue weighted by Crippen LogP contribution is 2.28. The molecule has 1 aliphatic heterocycles. The number of carbonyl (C=O) groups is 2. The number of hydrogen-bond donors (Lipinski definition) is 1. The van der Waals surface area contributed by atoms with Crippen molar-refractivity contribution in [2.24, 2.45) is 7.05 Å². The minimum absolute atomic E-state index is 0.0843. The van der Waals surface area contributed by atoms with Crippen molar-refractivity contribution in [3.63, 3.8) is 0 Å². The molecule has 0 spiro atoms. The number of rotatable bonds is 5. The van der Waals surface area contributed by atoms with Crippen molar-refractivity contribution >= 4 is 27.6 Å². The van der Waals surface area contributed by atoms with Crippen LogP contribution < -0.4 is 5.32 Å². The SMILES string of the molecule is COC(=O)c1cc(S(=O)(=O)N2CCCC2C(=O)Nc2cccc(F)c2)cn1C. The number of anilines is 1. The molecule has 10 heteroatoms. The number of methoxy groups -OCH3 is 1. The summed E-state index contributed by atoms with van der Waals surface area (Å²) in [6, 6.07) is 5.68. The van der Waals surface area contributed by atoms with Crippen LogP contribution in [0, 0.1) is 5.82 Å². The van der Waals surface area contributed by atoms with E-state index < -0.39 is 33.8 Å². The van der Waals surface area contributed by atoms with Gasteiger partial charge in [-0.05, 0) is 37.1 Å². The van der Waals surface area contributed by atoms with Gasteiger partial charge in [-0.3, -0.25) is 4.79 Å². The number of ether oxygens (including phenoxy) is 1. The summed E-state index contributed by atoms with van der Waals surface area (Å²) in [6.45, 7) is 0.173. The van der Waals surface area contributed by atoms with E-state index in [2.05, 4.69) is 10.1 Å². The first-order valence-corrected chi connectivity index (χ1v) is 10.0. The van der Waals surface area contributed by atoms with E-state index in [4.69, 9.17) is 0 Å². The lowest BCUT2D eigenvalue weighted by Crippen LogP contribution is -2.43. The normalized spacial score (nSPS) is 17.5. The Bertz CT molecular complexity index is 1020. The van der Waals surface area contributed by atoms with Gasteiger partial charge in [0.25, 0.3) is 0 Å². The third-order valence-electron chi connectivity index (χ3n) is 4.58. The molecular formula is C18H20FN3O5S. The van der Waals surface area contributed by atoms with Crippen LogP contribution in [-0.2, 0) is 26.6 Å². The van der Waals surface area contributed by atoms with Crippen LogP contribution in [-0.4, -0.2) is 48.9 Å². The largest absolute Gasteiger partial charge is 0.464 e. The fourth-order valence-corrected chi connectivity index (χ4v) is 4.93. The molecule has 0 saturated carbocycles. The number of hydrogen-bond acceptors (Lipinski definition) is 5. The van der Waals surface area contributed by atoms with Gasteiger partial charge in [0.2, 0.25) is 15.9 Å². The first-order valence-electron chi connectivity index (χ1n) is 8.57. The molecule has 8 nitrogen and oxygen atoms in total. The highest BCUT2D eigenvalue weighted by molar-refractivity contribution is 7.89. The Morgan fingerprint density at radius 3 is 2.71 bits per heavy atom. The summed E-state index contributed by atoms with van der Waals surface area (Å²) >= 11 is 0. The standard InChI is InChI=1S/C18H20FN3O5S/c1-21-11-14(10-16(21)18(24)27-2)28(25,26)22-8-4-7-15(22)17(23)20-13-6-3-5-12(19)9-13/h3,5-6,9-11,15H,4,7-8H2,1-2H3,(H,20,23). The van der Waals surface area contributed by atoms with Gasteiger partial charge >= 0.3 is 5.97 Å². The van der Waals surface area contributed by atoms with Crippen LogP contribution in [0.4, 0.5) is 10.1 Å². The van der Waals surface area contributed by atoms with Crippen molar-refractivity contribution < 1.29 is 27.1 Å². The van der Waals surface area contributed by atoms with Crippen molar-refractivity contribution in [1.82, 2.24) is 8.87 Å². The summed E-state index contributed by atoms with van der Waals surface area (Å²) < 4.78 is 46.5. The molecular weight excluding hydrogens is 389 g/mol. The predicted octanol–water partition coefficient (Wildman–Crippen LogP) is 1.74. The summed E-state index contributed by atoms with van der Waals surface area (Å²) in [6.07, 6.45) is 2.16. The Morgan fingerprint density at radius 2 is 2.04 bits per heavy atom. The van der Waals surface area contributed by atoms with Crippen LogP contribution in [0.15, 0.2) is 41.4 Å². The van der Waals surface area contributed by atoms with Gasteiger partial charge in [0.05, 0.1) is 7.11 Å². The summed E-state index contributed by atoms with van der Waals surface area (Å²) in [5.41, 5.74) is 0.336. The second-order valence-electron chi connectivity index (χ2n) is 6.44. The number of aryl methyl sites for hydroxylation is 1. The molecule has 2 heterocycles. The molecule has 1 unspecified atom stereocenters. The van der Waals surface area contributed by atoms with E-state index in [1.54, 1.807) is 0 Å². The number of nitrogens with one attached hydrogen (secondary N) is 1. The lowest BCUT2D eigenvalue weighted by Gasteiger charge is -2.22. The Balaban J connectivity index is 1.85. The number of carbonyl (C=O) groups excluding carboxylic acids is 2. The Hall–Kier alpha value is -2.72. The molecule has 1 aromatic carbocycles. The van der Waals surface area contributed by atoms with Crippen molar-refractivity contribution in [3.8, 4) is 0 Å². The number of aromatic nitrogens is 1. The number of amides is 1. The first-order chi connectivity index (χ1) is 13.2. The number of esters is 1. The molecule has 1 aromatic heterocycles. The lowest BCUT2D eigenvalue weighted by atomic mass is 10.2.